The number of phenolic OH excluding ortho intramolecular Hbond substituents is 3. The first-order chi connectivity index (χ1) is 40.4. The topological polar surface area (TPSA) is 237 Å². The molecule has 83 heavy (non-hydrogen) atoms. The Morgan fingerprint density at radius 1 is 0.880 bits per heavy atom. The number of aldehydes is 1. The van der Waals surface area contributed by atoms with Crippen LogP contribution in [0.4, 0.5) is 0 Å². The summed E-state index contributed by atoms with van der Waals surface area (Å²) in [5.74, 6) is 4.73. The van der Waals surface area contributed by atoms with Crippen LogP contribution in [-0.2, 0) is 32.0 Å². The number of benzene rings is 4. The number of fused-ring (bicyclic) bond motifs is 10. The number of cyclic esters (lactones) is 1. The first kappa shape index (κ1) is 55.7. The summed E-state index contributed by atoms with van der Waals surface area (Å²) in [5.41, 5.74) is 8.93. The SMILES string of the molecule is COc1cc2c(cc1O)C1=C[C@H]3C[C@]4(C[C@@H]([C@H](CCCO)n5c(-c6cccc(O)c6)cc6[nH]ccc65)C[C@@H]4C=O)[C@H]4C[C@H](O)CC[C@H]4[C@@H]3[C@@H]2CC(=O)C[C@@H](CCc2ccc(O)c(OCCO)c2)OC(=O)CC#CCc2c1[nH]c1ccccc21. The Kier molecular flexibility index (Phi) is 15.8. The van der Waals surface area contributed by atoms with E-state index in [1.807, 2.05) is 42.6 Å². The van der Waals surface area contributed by atoms with Gasteiger partial charge in [0.2, 0.25) is 0 Å². The smallest absolute Gasteiger partial charge is 0.318 e. The van der Waals surface area contributed by atoms with Crippen molar-refractivity contribution >= 4 is 45.5 Å². The molecule has 3 saturated carbocycles. The first-order valence-electron chi connectivity index (χ1n) is 29.6. The first-order valence-corrected chi connectivity index (χ1v) is 29.6. The van der Waals surface area contributed by atoms with Gasteiger partial charge in [0.25, 0.3) is 0 Å². The van der Waals surface area contributed by atoms with E-state index in [0.29, 0.717) is 57.8 Å². The van der Waals surface area contributed by atoms with Crippen molar-refractivity contribution in [3.8, 4) is 51.8 Å². The number of H-pyrrole nitrogens is 2. The van der Waals surface area contributed by atoms with Crippen molar-refractivity contribution in [2.24, 2.45) is 40.9 Å². The minimum atomic E-state index is -0.833. The van der Waals surface area contributed by atoms with E-state index >= 15 is 4.79 Å². The van der Waals surface area contributed by atoms with Crippen LogP contribution in [-0.4, -0.2) is 102 Å². The van der Waals surface area contributed by atoms with Gasteiger partial charge in [-0.25, -0.2) is 0 Å². The lowest BCUT2D eigenvalue weighted by molar-refractivity contribution is -0.149. The van der Waals surface area contributed by atoms with Gasteiger partial charge in [0.1, 0.15) is 37.0 Å². The van der Waals surface area contributed by atoms with Gasteiger partial charge in [-0.2, -0.15) is 0 Å². The molecule has 15 heteroatoms. The normalized spacial score (nSPS) is 26.5. The van der Waals surface area contributed by atoms with Crippen LogP contribution in [0.5, 0.6) is 28.7 Å². The molecule has 4 heterocycles. The number of carbonyl (C=O) groups excluding carboxylic acids is 3. The van der Waals surface area contributed by atoms with Crippen molar-refractivity contribution < 1.29 is 59.2 Å². The average Bonchev–Trinajstić information content (AvgIpc) is 3.59. The number of ketones is 1. The van der Waals surface area contributed by atoms with Crippen LogP contribution in [0.25, 0.3) is 38.8 Å². The van der Waals surface area contributed by atoms with Gasteiger partial charge in [-0.1, -0.05) is 54.3 Å². The maximum absolute atomic E-state index is 15.4. The summed E-state index contributed by atoms with van der Waals surface area (Å²) in [6.07, 6.45) is 9.47. The average molecular weight is 1120 g/mol. The highest BCUT2D eigenvalue weighted by Gasteiger charge is 2.62. The maximum Gasteiger partial charge on any atom is 0.318 e. The molecule has 0 unspecified atom stereocenters. The van der Waals surface area contributed by atoms with Crippen LogP contribution in [0.3, 0.4) is 0 Å². The van der Waals surface area contributed by atoms with Crippen molar-refractivity contribution in [1.29, 1.82) is 0 Å². The Bertz CT molecular complexity index is 3670. The lowest BCUT2D eigenvalue weighted by Gasteiger charge is -2.58. The van der Waals surface area contributed by atoms with E-state index < -0.39 is 35.4 Å². The summed E-state index contributed by atoms with van der Waals surface area (Å²) >= 11 is 0. The number of nitrogens with one attached hydrogen (secondary N) is 2. The van der Waals surface area contributed by atoms with Crippen molar-refractivity contribution in [1.82, 2.24) is 14.5 Å². The van der Waals surface area contributed by atoms with Crippen LogP contribution in [0, 0.1) is 52.8 Å². The number of allylic oxidation sites excluding steroid dienone is 1. The monoisotopic (exact) mass is 1120 g/mol. The zero-order chi connectivity index (χ0) is 57.5. The van der Waals surface area contributed by atoms with Crippen LogP contribution < -0.4 is 9.47 Å². The molecular weight excluding hydrogens is 1050 g/mol. The predicted molar refractivity (Wildman–Crippen MR) is 314 cm³/mol. The lowest BCUT2D eigenvalue weighted by Crippen LogP contribution is -2.53. The number of aromatic amines is 2. The second-order valence-electron chi connectivity index (χ2n) is 24.0. The molecule has 1 spiro atoms. The van der Waals surface area contributed by atoms with Crippen LogP contribution in [0.2, 0.25) is 0 Å². The van der Waals surface area contributed by atoms with Crippen LogP contribution in [0.15, 0.2) is 103 Å². The number of rotatable bonds is 14. The molecule has 15 nitrogen and oxygen atoms in total. The van der Waals surface area contributed by atoms with Gasteiger partial charge < -0.3 is 64.2 Å². The molecule has 11 atom stereocenters. The molecule has 3 aromatic heterocycles. The molecule has 0 amide bonds. The molecule has 7 aromatic rings. The fraction of sp³-hybridized carbons (Fsp3) is 0.426. The number of hydrogen-bond acceptors (Lipinski definition) is 12. The second kappa shape index (κ2) is 23.5. The molecule has 3 fully saturated rings. The fourth-order valence-corrected chi connectivity index (χ4v) is 16.2. The van der Waals surface area contributed by atoms with E-state index in [2.05, 4.69) is 50.7 Å². The van der Waals surface area contributed by atoms with Gasteiger partial charge in [-0.3, -0.25) is 9.59 Å². The zero-order valence-corrected chi connectivity index (χ0v) is 46.8. The van der Waals surface area contributed by atoms with Crippen LogP contribution >= 0.6 is 0 Å². The number of aromatic nitrogens is 3. The van der Waals surface area contributed by atoms with Crippen molar-refractivity contribution in [2.75, 3.05) is 26.9 Å². The number of phenols is 3. The number of esters is 1. The van der Waals surface area contributed by atoms with E-state index in [0.717, 1.165) is 66.7 Å². The zero-order valence-electron chi connectivity index (χ0n) is 46.8. The van der Waals surface area contributed by atoms with Gasteiger partial charge in [-0.15, -0.1) is 0 Å². The van der Waals surface area contributed by atoms with E-state index in [1.165, 1.54) is 19.5 Å². The largest absolute Gasteiger partial charge is 0.508 e. The highest BCUT2D eigenvalue weighted by molar-refractivity contribution is 5.94. The number of aliphatic hydroxyl groups is 3. The summed E-state index contributed by atoms with van der Waals surface area (Å²) < 4.78 is 20.1. The summed E-state index contributed by atoms with van der Waals surface area (Å²) in [6.45, 7) is -0.252. The molecule has 432 valence electrons. The Hall–Kier alpha value is -7.77. The maximum atomic E-state index is 15.4. The minimum absolute atomic E-state index is 0.00842. The number of aromatic hydroxyl groups is 3. The molecule has 4 aliphatic carbocycles. The molecule has 8 N–H and O–H groups in total. The van der Waals surface area contributed by atoms with Gasteiger partial charge in [0, 0.05) is 66.1 Å². The number of carbonyl (C=O) groups is 3. The summed E-state index contributed by atoms with van der Waals surface area (Å²) in [4.78, 5) is 50.7. The van der Waals surface area contributed by atoms with Gasteiger partial charge in [-0.05, 0) is 182 Å². The molecule has 12 rings (SSSR count). The highest BCUT2D eigenvalue weighted by atomic mass is 16.5. The Morgan fingerprint density at radius 3 is 2.55 bits per heavy atom. The molecule has 4 aromatic carbocycles. The van der Waals surface area contributed by atoms with E-state index in [1.54, 1.807) is 30.3 Å². The summed E-state index contributed by atoms with van der Waals surface area (Å²) in [5, 5.41) is 66.1. The second-order valence-corrected chi connectivity index (χ2v) is 24.0. The van der Waals surface area contributed by atoms with E-state index in [-0.39, 0.29) is 122 Å². The number of Topliss-reactive ketones (excluding diaryl/α,β-unsaturated/α-hetero) is 1. The molecule has 1 aliphatic heterocycles. The fourth-order valence-electron chi connectivity index (χ4n) is 16.2. The lowest BCUT2D eigenvalue weighted by atomic mass is 9.46. The van der Waals surface area contributed by atoms with Gasteiger partial charge in [0.15, 0.2) is 23.0 Å². The van der Waals surface area contributed by atoms with Crippen LogP contribution in [0.1, 0.15) is 117 Å². The molecule has 0 saturated heterocycles. The highest BCUT2D eigenvalue weighted by Crippen LogP contribution is 2.69. The third-order valence-corrected chi connectivity index (χ3v) is 19.5. The number of nitrogens with zero attached hydrogens (tertiary/aromatic N) is 1. The van der Waals surface area contributed by atoms with E-state index in [4.69, 9.17) is 14.2 Å². The third-order valence-electron chi connectivity index (χ3n) is 19.5. The number of methoxy groups -OCH3 is 1. The Labute approximate surface area is 482 Å². The van der Waals surface area contributed by atoms with Crippen molar-refractivity contribution in [2.45, 2.75) is 114 Å². The Morgan fingerprint density at radius 2 is 1.73 bits per heavy atom. The Balaban J connectivity index is 1.01. The standard InChI is InChI=1S/C68H73N3O12/c1-81-63-34-52-51(33-62(63)79)54-29-42-37-68(36-41(27-43(68)38-74)58(13-7-23-72)71-59-21-22-69-57(59)35-60(71)40-8-6-9-44(75)28-40)55-32-45(76)17-19-50(55)66(42)53(52)31-46(77)30-47(18-15-39-16-20-61(78)64(26-39)82-25-24-73)83-65(80)14-5-3-11-49-48-10-2-4-12-56(48)70-67(49)54/h2,4,6,8-10,12,16,20-22,26,28-29,33-35,38,41-43,45,47,50,53,55,58,66,69-70,72-73,75-76,78-79H,7,11,13-15,17-19,23-25,27,30-32,36-37H2,1H3/t41-,42-,43+,45+,47+,50+,53+,55-,58-,66+,68-/m0/s1. The quantitative estimate of drug-likeness (QED) is 0.0288. The summed E-state index contributed by atoms with van der Waals surface area (Å²) in [7, 11) is 1.52. The van der Waals surface area contributed by atoms with E-state index in [9.17, 15) is 40.2 Å². The third kappa shape index (κ3) is 10.6. The number of ether oxygens (including phenoxy) is 3. The molecule has 5 aliphatic rings. The predicted octanol–water partition coefficient (Wildman–Crippen LogP) is 10.6. The number of aryl methyl sites for hydroxylation is 1. The van der Waals surface area contributed by atoms with Crippen molar-refractivity contribution in [3.63, 3.8) is 0 Å². The molecule has 0 radical (unpaired) electrons. The molecular formula is C68H73N3O12. The summed E-state index contributed by atoms with van der Waals surface area (Å²) in [6, 6.07) is 28.0. The van der Waals surface area contributed by atoms with Crippen molar-refractivity contribution in [3.05, 3.63) is 131 Å². The minimum Gasteiger partial charge on any atom is -0.508 e. The molecule has 2 bridgehead atoms. The van der Waals surface area contributed by atoms with Gasteiger partial charge in [0.05, 0.1) is 42.2 Å². The number of para-hydroxylation sites is 1. The number of hydrogen-bond donors (Lipinski definition) is 8. The van der Waals surface area contributed by atoms with Gasteiger partial charge >= 0.3 is 5.97 Å². The number of aliphatic hydroxyl groups excluding tert-OH is 3.